The topological polar surface area (TPSA) is 72.2 Å². The lowest BCUT2D eigenvalue weighted by Crippen LogP contribution is -2.22. The summed E-state index contributed by atoms with van der Waals surface area (Å²) in [5.74, 6) is 0.729. The van der Waals surface area contributed by atoms with Crippen molar-refractivity contribution in [3.05, 3.63) is 23.8 Å². The minimum absolute atomic E-state index is 0.207. The van der Waals surface area contributed by atoms with Crippen molar-refractivity contribution in [1.82, 2.24) is 0 Å². The molecule has 3 N–H and O–H groups in total. The van der Waals surface area contributed by atoms with Crippen LogP contribution in [-0.4, -0.2) is 14.5 Å². The van der Waals surface area contributed by atoms with Gasteiger partial charge in [-0.2, -0.15) is 0 Å². The van der Waals surface area contributed by atoms with Crippen molar-refractivity contribution in [3.8, 4) is 0 Å². The number of primary sulfonamides is 1. The average molecular weight is 268 g/mol. The Balaban J connectivity index is 2.28. The third-order valence-electron chi connectivity index (χ3n) is 3.56. The summed E-state index contributed by atoms with van der Waals surface area (Å²) < 4.78 is 22.9. The molecule has 1 aromatic rings. The van der Waals surface area contributed by atoms with E-state index < -0.39 is 10.0 Å². The van der Waals surface area contributed by atoms with Crippen molar-refractivity contribution in [1.29, 1.82) is 0 Å². The zero-order valence-electron chi connectivity index (χ0n) is 10.8. The molecular weight excluding hydrogens is 248 g/mol. The van der Waals surface area contributed by atoms with Gasteiger partial charge in [-0.15, -0.1) is 0 Å². The summed E-state index contributed by atoms with van der Waals surface area (Å²) in [7, 11) is -3.64. The number of nitrogens with two attached hydrogens (primary N) is 1. The fraction of sp³-hybridized carbons (Fsp3) is 0.538. The SMILES string of the molecule is CCC(Nc1cccc(S(N)(=O)=O)c1C)C1CC1. The molecule has 1 fully saturated rings. The minimum Gasteiger partial charge on any atom is -0.382 e. The Kier molecular flexibility index (Phi) is 3.64. The molecule has 0 amide bonds. The van der Waals surface area contributed by atoms with Gasteiger partial charge in [0.2, 0.25) is 10.0 Å². The predicted molar refractivity (Wildman–Crippen MR) is 73.0 cm³/mol. The summed E-state index contributed by atoms with van der Waals surface area (Å²) in [4.78, 5) is 0.207. The summed E-state index contributed by atoms with van der Waals surface area (Å²) in [6.45, 7) is 3.94. The van der Waals surface area contributed by atoms with Gasteiger partial charge in [0.25, 0.3) is 0 Å². The van der Waals surface area contributed by atoms with Crippen LogP contribution < -0.4 is 10.5 Å². The Labute approximate surface area is 109 Å². The van der Waals surface area contributed by atoms with Crippen LogP contribution in [0, 0.1) is 12.8 Å². The van der Waals surface area contributed by atoms with E-state index >= 15 is 0 Å². The van der Waals surface area contributed by atoms with Crippen molar-refractivity contribution in [2.75, 3.05) is 5.32 Å². The van der Waals surface area contributed by atoms with Gasteiger partial charge in [-0.1, -0.05) is 13.0 Å². The first kappa shape index (κ1) is 13.4. The average Bonchev–Trinajstić information content (AvgIpc) is 3.10. The Morgan fingerprint density at radius 3 is 2.61 bits per heavy atom. The zero-order valence-corrected chi connectivity index (χ0v) is 11.6. The van der Waals surface area contributed by atoms with Crippen LogP contribution in [-0.2, 0) is 10.0 Å². The lowest BCUT2D eigenvalue weighted by molar-refractivity contribution is 0.596. The molecule has 2 rings (SSSR count). The van der Waals surface area contributed by atoms with Crippen molar-refractivity contribution in [2.24, 2.45) is 11.1 Å². The van der Waals surface area contributed by atoms with Crippen LogP contribution in [0.4, 0.5) is 5.69 Å². The highest BCUT2D eigenvalue weighted by Gasteiger charge is 2.30. The molecule has 1 aromatic carbocycles. The van der Waals surface area contributed by atoms with Crippen molar-refractivity contribution < 1.29 is 8.42 Å². The van der Waals surface area contributed by atoms with Crippen LogP contribution in [0.15, 0.2) is 23.1 Å². The third-order valence-corrected chi connectivity index (χ3v) is 4.62. The molecule has 0 aliphatic heterocycles. The number of rotatable bonds is 5. The van der Waals surface area contributed by atoms with Crippen LogP contribution in [0.1, 0.15) is 31.7 Å². The second-order valence-corrected chi connectivity index (χ2v) is 6.50. The van der Waals surface area contributed by atoms with E-state index in [-0.39, 0.29) is 4.90 Å². The Morgan fingerprint density at radius 1 is 1.44 bits per heavy atom. The Bertz CT molecular complexity index is 536. The van der Waals surface area contributed by atoms with Gasteiger partial charge in [0.1, 0.15) is 0 Å². The van der Waals surface area contributed by atoms with E-state index in [0.29, 0.717) is 11.6 Å². The van der Waals surface area contributed by atoms with Crippen molar-refractivity contribution in [2.45, 2.75) is 44.0 Å². The molecule has 1 unspecified atom stereocenters. The largest absolute Gasteiger partial charge is 0.382 e. The molecule has 0 radical (unpaired) electrons. The number of hydrogen-bond donors (Lipinski definition) is 2. The molecule has 1 aliphatic rings. The van der Waals surface area contributed by atoms with Gasteiger partial charge >= 0.3 is 0 Å². The first-order valence-electron chi connectivity index (χ1n) is 6.32. The van der Waals surface area contributed by atoms with E-state index in [0.717, 1.165) is 18.0 Å². The second kappa shape index (κ2) is 4.90. The van der Waals surface area contributed by atoms with Crippen LogP contribution in [0.2, 0.25) is 0 Å². The highest BCUT2D eigenvalue weighted by molar-refractivity contribution is 7.89. The number of hydrogen-bond acceptors (Lipinski definition) is 3. The molecule has 1 aliphatic carbocycles. The lowest BCUT2D eigenvalue weighted by atomic mass is 10.1. The fourth-order valence-electron chi connectivity index (χ4n) is 2.33. The molecule has 1 saturated carbocycles. The Morgan fingerprint density at radius 2 is 2.11 bits per heavy atom. The molecule has 0 bridgehead atoms. The molecule has 0 heterocycles. The van der Waals surface area contributed by atoms with E-state index in [4.69, 9.17) is 5.14 Å². The lowest BCUT2D eigenvalue weighted by Gasteiger charge is -2.20. The van der Waals surface area contributed by atoms with Crippen LogP contribution in [0.25, 0.3) is 0 Å². The minimum atomic E-state index is -3.64. The van der Waals surface area contributed by atoms with E-state index in [1.54, 1.807) is 19.1 Å². The molecule has 0 spiro atoms. The summed E-state index contributed by atoms with van der Waals surface area (Å²) >= 11 is 0. The third kappa shape index (κ3) is 2.84. The monoisotopic (exact) mass is 268 g/mol. The highest BCUT2D eigenvalue weighted by atomic mass is 32.2. The molecule has 0 aromatic heterocycles. The van der Waals surface area contributed by atoms with Gasteiger partial charge < -0.3 is 5.32 Å². The maximum atomic E-state index is 11.5. The van der Waals surface area contributed by atoms with Crippen molar-refractivity contribution >= 4 is 15.7 Å². The van der Waals surface area contributed by atoms with Crippen molar-refractivity contribution in [3.63, 3.8) is 0 Å². The first-order chi connectivity index (χ1) is 8.43. The van der Waals surface area contributed by atoms with Gasteiger partial charge in [0, 0.05) is 11.7 Å². The summed E-state index contributed by atoms with van der Waals surface area (Å²) in [6, 6.07) is 5.62. The maximum Gasteiger partial charge on any atom is 0.238 e. The quantitative estimate of drug-likeness (QED) is 0.860. The van der Waals surface area contributed by atoms with Gasteiger partial charge in [0.05, 0.1) is 4.90 Å². The van der Waals surface area contributed by atoms with Gasteiger partial charge in [-0.05, 0) is 49.8 Å². The number of benzene rings is 1. The predicted octanol–water partition coefficient (Wildman–Crippen LogP) is 2.24. The standard InChI is InChI=1S/C13H20N2O2S/c1-3-11(10-7-8-10)15-12-5-4-6-13(9(12)2)18(14,16)17/h4-6,10-11,15H,3,7-8H2,1-2H3,(H2,14,16,17). The first-order valence-corrected chi connectivity index (χ1v) is 7.87. The molecule has 100 valence electrons. The summed E-state index contributed by atoms with van der Waals surface area (Å²) in [5.41, 5.74) is 1.58. The van der Waals surface area contributed by atoms with Gasteiger partial charge in [0.15, 0.2) is 0 Å². The number of nitrogens with one attached hydrogen (secondary N) is 1. The molecular formula is C13H20N2O2S. The number of anilines is 1. The second-order valence-electron chi connectivity index (χ2n) is 4.97. The van der Waals surface area contributed by atoms with Crippen LogP contribution in [0.5, 0.6) is 0 Å². The van der Waals surface area contributed by atoms with Gasteiger partial charge in [-0.3, -0.25) is 0 Å². The molecule has 4 nitrogen and oxygen atoms in total. The van der Waals surface area contributed by atoms with E-state index in [1.807, 2.05) is 6.07 Å². The molecule has 0 saturated heterocycles. The fourth-order valence-corrected chi connectivity index (χ4v) is 3.14. The highest BCUT2D eigenvalue weighted by Crippen LogP contribution is 2.36. The van der Waals surface area contributed by atoms with Crippen LogP contribution >= 0.6 is 0 Å². The molecule has 1 atom stereocenters. The molecule has 18 heavy (non-hydrogen) atoms. The van der Waals surface area contributed by atoms with E-state index in [9.17, 15) is 8.42 Å². The normalized spacial score (nSPS) is 17.5. The maximum absolute atomic E-state index is 11.5. The van der Waals surface area contributed by atoms with Crippen LogP contribution in [0.3, 0.4) is 0 Å². The molecule has 5 heteroatoms. The Hall–Kier alpha value is -1.07. The van der Waals surface area contributed by atoms with E-state index in [2.05, 4.69) is 12.2 Å². The summed E-state index contributed by atoms with van der Waals surface area (Å²) in [6.07, 6.45) is 3.57. The van der Waals surface area contributed by atoms with E-state index in [1.165, 1.54) is 12.8 Å². The number of sulfonamides is 1. The van der Waals surface area contributed by atoms with Gasteiger partial charge in [-0.25, -0.2) is 13.6 Å². The summed E-state index contributed by atoms with van der Waals surface area (Å²) in [5, 5.41) is 8.66. The zero-order chi connectivity index (χ0) is 13.3. The smallest absolute Gasteiger partial charge is 0.238 e.